The number of anilines is 1. The number of alkyl halides is 3. The number of hydrogen-bond donors (Lipinski definition) is 2. The number of fused-ring (bicyclic) bond motifs is 1. The fourth-order valence-electron chi connectivity index (χ4n) is 3.44. The van der Waals surface area contributed by atoms with Crippen molar-refractivity contribution in [2.24, 2.45) is 7.05 Å². The summed E-state index contributed by atoms with van der Waals surface area (Å²) >= 11 is 0. The largest absolute Gasteiger partial charge is 0.434 e. The molecule has 32 heavy (non-hydrogen) atoms. The molecule has 0 spiro atoms. The van der Waals surface area contributed by atoms with Gasteiger partial charge in [0.1, 0.15) is 5.82 Å². The molecule has 1 atom stereocenters. The van der Waals surface area contributed by atoms with Gasteiger partial charge in [0.2, 0.25) is 0 Å². The lowest BCUT2D eigenvalue weighted by Gasteiger charge is -2.39. The maximum absolute atomic E-state index is 14.4. The number of hydrogen-bond acceptors (Lipinski definition) is 4. The van der Waals surface area contributed by atoms with E-state index >= 15 is 0 Å². The second-order valence-corrected chi connectivity index (χ2v) is 7.19. The molecule has 7 nitrogen and oxygen atoms in total. The number of ether oxygens (including phenoxy) is 1. The summed E-state index contributed by atoms with van der Waals surface area (Å²) in [5, 5.41) is 8.43. The Bertz CT molecular complexity index is 1190. The third-order valence-corrected chi connectivity index (χ3v) is 5.06. The number of rotatable bonds is 4. The molecule has 1 aliphatic heterocycles. The molecule has 0 saturated heterocycles. The van der Waals surface area contributed by atoms with Crippen molar-refractivity contribution in [2.45, 2.75) is 11.8 Å². The average molecular weight is 448 g/mol. The zero-order chi connectivity index (χ0) is 23.1. The van der Waals surface area contributed by atoms with Crippen LogP contribution in [0.1, 0.15) is 15.9 Å². The summed E-state index contributed by atoms with van der Waals surface area (Å²) < 4.78 is 62.5. The van der Waals surface area contributed by atoms with E-state index in [4.69, 9.17) is 4.74 Å². The molecule has 0 saturated carbocycles. The lowest BCUT2D eigenvalue weighted by molar-refractivity contribution is -0.261. The van der Waals surface area contributed by atoms with Gasteiger partial charge in [-0.3, -0.25) is 14.8 Å². The van der Waals surface area contributed by atoms with E-state index in [1.165, 1.54) is 23.0 Å². The van der Waals surface area contributed by atoms with Crippen LogP contribution >= 0.6 is 0 Å². The predicted octanol–water partition coefficient (Wildman–Crippen LogP) is 3.98. The van der Waals surface area contributed by atoms with Gasteiger partial charge in [-0.15, -0.1) is 0 Å². The smallest absolute Gasteiger partial charge is 0.426 e. The van der Waals surface area contributed by atoms with Gasteiger partial charge in [0.05, 0.1) is 18.4 Å². The Kier molecular flexibility index (Phi) is 5.11. The molecular formula is C21H16F4N4O3. The SMILES string of the molecule is Cn1cc(-c2ccc3c(c2)C(CNC(=O)c2ccc(F)cc2)(C(F)(F)F)OC(=O)N3)cn1. The summed E-state index contributed by atoms with van der Waals surface area (Å²) in [5.74, 6) is -1.48. The van der Waals surface area contributed by atoms with Crippen molar-refractivity contribution >= 4 is 17.7 Å². The second kappa shape index (κ2) is 7.66. The van der Waals surface area contributed by atoms with Gasteiger partial charge in [-0.2, -0.15) is 18.3 Å². The maximum atomic E-state index is 14.4. The molecule has 0 fully saturated rings. The van der Waals surface area contributed by atoms with Crippen LogP contribution in [0.3, 0.4) is 0 Å². The van der Waals surface area contributed by atoms with E-state index in [0.717, 1.165) is 24.3 Å². The van der Waals surface area contributed by atoms with Crippen molar-refractivity contribution in [1.82, 2.24) is 15.1 Å². The summed E-state index contributed by atoms with van der Waals surface area (Å²) in [6.07, 6.45) is -3.27. The standard InChI is InChI=1S/C21H16F4N4O3/c1-29-10-14(9-27-29)13-4-7-17-16(8-13)20(21(23,24)25,32-19(31)28-17)11-26-18(30)12-2-5-15(22)6-3-12/h2-10H,11H2,1H3,(H,26,30)(H,28,31). The Labute approximate surface area is 179 Å². The van der Waals surface area contributed by atoms with Crippen LogP contribution in [0.25, 0.3) is 11.1 Å². The Morgan fingerprint density at radius 3 is 2.53 bits per heavy atom. The molecular weight excluding hydrogens is 432 g/mol. The Hall–Kier alpha value is -3.89. The van der Waals surface area contributed by atoms with Crippen LogP contribution in [-0.4, -0.2) is 34.5 Å². The Balaban J connectivity index is 1.75. The van der Waals surface area contributed by atoms with Crippen molar-refractivity contribution in [1.29, 1.82) is 0 Å². The highest BCUT2D eigenvalue weighted by atomic mass is 19.4. The summed E-state index contributed by atoms with van der Waals surface area (Å²) in [6.45, 7) is -1.08. The van der Waals surface area contributed by atoms with Gasteiger partial charge in [-0.05, 0) is 42.0 Å². The summed E-state index contributed by atoms with van der Waals surface area (Å²) in [5.41, 5.74) is -2.69. The first kappa shape index (κ1) is 21.3. The summed E-state index contributed by atoms with van der Waals surface area (Å²) in [6, 6.07) is 8.40. The number of aryl methyl sites for hydroxylation is 1. The third kappa shape index (κ3) is 3.77. The molecule has 0 radical (unpaired) electrons. The molecule has 3 aromatic rings. The zero-order valence-corrected chi connectivity index (χ0v) is 16.5. The van der Waals surface area contributed by atoms with Crippen LogP contribution in [0.5, 0.6) is 0 Å². The Morgan fingerprint density at radius 2 is 1.91 bits per heavy atom. The number of cyclic esters (lactones) is 1. The lowest BCUT2D eigenvalue weighted by Crippen LogP contribution is -2.56. The van der Waals surface area contributed by atoms with Gasteiger partial charge in [-0.1, -0.05) is 6.07 Å². The summed E-state index contributed by atoms with van der Waals surface area (Å²) in [4.78, 5) is 24.4. The minimum absolute atomic E-state index is 0.0479. The maximum Gasteiger partial charge on any atom is 0.434 e. The van der Waals surface area contributed by atoms with Gasteiger partial charge < -0.3 is 10.1 Å². The molecule has 166 valence electrons. The number of carbonyl (C=O) groups is 2. The molecule has 1 aliphatic rings. The average Bonchev–Trinajstić information content (AvgIpc) is 3.17. The number of carbonyl (C=O) groups excluding carboxylic acids is 2. The van der Waals surface area contributed by atoms with Crippen LogP contribution in [0.4, 0.5) is 28.0 Å². The topological polar surface area (TPSA) is 85.2 Å². The van der Waals surface area contributed by atoms with Crippen LogP contribution in [-0.2, 0) is 17.4 Å². The van der Waals surface area contributed by atoms with Crippen LogP contribution < -0.4 is 10.6 Å². The molecule has 1 unspecified atom stereocenters. The van der Waals surface area contributed by atoms with Crippen molar-refractivity contribution in [3.05, 3.63) is 71.8 Å². The van der Waals surface area contributed by atoms with Crippen molar-refractivity contribution in [3.8, 4) is 11.1 Å². The van der Waals surface area contributed by atoms with E-state index in [0.29, 0.717) is 11.1 Å². The monoisotopic (exact) mass is 448 g/mol. The minimum atomic E-state index is -5.07. The van der Waals surface area contributed by atoms with E-state index in [9.17, 15) is 27.2 Å². The first-order chi connectivity index (χ1) is 15.1. The fourth-order valence-corrected chi connectivity index (χ4v) is 3.44. The van der Waals surface area contributed by atoms with E-state index in [1.807, 2.05) is 0 Å². The highest BCUT2D eigenvalue weighted by Crippen LogP contribution is 2.48. The van der Waals surface area contributed by atoms with Crippen molar-refractivity contribution < 1.29 is 31.9 Å². The minimum Gasteiger partial charge on any atom is -0.426 e. The molecule has 2 N–H and O–H groups in total. The molecule has 1 aromatic heterocycles. The number of nitrogens with one attached hydrogen (secondary N) is 2. The Morgan fingerprint density at radius 1 is 1.19 bits per heavy atom. The van der Waals surface area contributed by atoms with Gasteiger partial charge in [0.25, 0.3) is 11.5 Å². The van der Waals surface area contributed by atoms with E-state index in [-0.39, 0.29) is 16.8 Å². The van der Waals surface area contributed by atoms with E-state index in [2.05, 4.69) is 15.7 Å². The van der Waals surface area contributed by atoms with Gasteiger partial charge in [-0.25, -0.2) is 9.18 Å². The zero-order valence-electron chi connectivity index (χ0n) is 16.5. The molecule has 2 heterocycles. The summed E-state index contributed by atoms with van der Waals surface area (Å²) in [7, 11) is 1.66. The number of benzene rings is 2. The highest BCUT2D eigenvalue weighted by Gasteiger charge is 2.62. The predicted molar refractivity (Wildman–Crippen MR) is 105 cm³/mol. The van der Waals surface area contributed by atoms with Crippen LogP contribution in [0.15, 0.2) is 54.9 Å². The molecule has 0 aliphatic carbocycles. The van der Waals surface area contributed by atoms with Crippen LogP contribution in [0.2, 0.25) is 0 Å². The normalized spacial score (nSPS) is 17.8. The first-order valence-corrected chi connectivity index (χ1v) is 9.33. The van der Waals surface area contributed by atoms with E-state index < -0.39 is 36.1 Å². The molecule has 4 rings (SSSR count). The second-order valence-electron chi connectivity index (χ2n) is 7.19. The first-order valence-electron chi connectivity index (χ1n) is 9.33. The third-order valence-electron chi connectivity index (χ3n) is 5.06. The quantitative estimate of drug-likeness (QED) is 0.592. The van der Waals surface area contributed by atoms with E-state index in [1.54, 1.807) is 19.3 Å². The van der Waals surface area contributed by atoms with Gasteiger partial charge >= 0.3 is 12.3 Å². The highest BCUT2D eigenvalue weighted by molar-refractivity contribution is 5.94. The van der Waals surface area contributed by atoms with Gasteiger partial charge in [0.15, 0.2) is 0 Å². The van der Waals surface area contributed by atoms with Crippen molar-refractivity contribution in [3.63, 3.8) is 0 Å². The van der Waals surface area contributed by atoms with Crippen LogP contribution in [0, 0.1) is 5.82 Å². The lowest BCUT2D eigenvalue weighted by atomic mass is 9.87. The van der Waals surface area contributed by atoms with Crippen molar-refractivity contribution in [2.75, 3.05) is 11.9 Å². The number of halogens is 4. The fraction of sp³-hybridized carbons (Fsp3) is 0.190. The molecule has 11 heteroatoms. The molecule has 0 bridgehead atoms. The molecule has 2 aromatic carbocycles. The molecule has 2 amide bonds. The number of amides is 2. The van der Waals surface area contributed by atoms with Gasteiger partial charge in [0, 0.05) is 29.9 Å². The number of aromatic nitrogens is 2. The number of nitrogens with zero attached hydrogens (tertiary/aromatic N) is 2.